The Morgan fingerprint density at radius 1 is 1.32 bits per heavy atom. The zero-order chi connectivity index (χ0) is 14.0. The predicted octanol–water partition coefficient (Wildman–Crippen LogP) is 1.46. The molecule has 4 N–H and O–H groups in total. The summed E-state index contributed by atoms with van der Waals surface area (Å²) in [6, 6.07) is 4.47. The number of benzene rings is 1. The Labute approximate surface area is 107 Å². The molecule has 0 amide bonds. The van der Waals surface area contributed by atoms with Crippen LogP contribution in [0.25, 0.3) is 11.3 Å². The van der Waals surface area contributed by atoms with E-state index in [1.165, 1.54) is 25.6 Å². The van der Waals surface area contributed by atoms with E-state index in [9.17, 15) is 8.78 Å². The van der Waals surface area contributed by atoms with Crippen molar-refractivity contribution >= 4 is 5.82 Å². The summed E-state index contributed by atoms with van der Waals surface area (Å²) in [6.07, 6.45) is 1.32. The first-order chi connectivity index (χ1) is 9.02. The summed E-state index contributed by atoms with van der Waals surface area (Å²) < 4.78 is 35.1. The number of aromatic nitrogens is 2. The van der Waals surface area contributed by atoms with Gasteiger partial charge in [0.25, 0.3) is 0 Å². The van der Waals surface area contributed by atoms with Gasteiger partial charge in [0.05, 0.1) is 7.11 Å². The van der Waals surface area contributed by atoms with Crippen LogP contribution in [0.3, 0.4) is 0 Å². The molecule has 0 aliphatic rings. The van der Waals surface area contributed by atoms with E-state index >= 15 is 0 Å². The van der Waals surface area contributed by atoms with Crippen LogP contribution in [-0.4, -0.2) is 23.4 Å². The molecule has 0 radical (unpaired) electrons. The number of anilines is 1. The Morgan fingerprint density at radius 2 is 2.05 bits per heavy atom. The number of imidazole rings is 1. The second kappa shape index (κ2) is 5.01. The largest absolute Gasteiger partial charge is 0.493 e. The molecule has 0 saturated carbocycles. The molecule has 2 rings (SSSR count). The second-order valence-electron chi connectivity index (χ2n) is 3.63. The highest BCUT2D eigenvalue weighted by molar-refractivity contribution is 5.72. The number of hydrogen-bond acceptors (Lipinski definition) is 5. The SMILES string of the molecule is COc1ccc(-c2ncn(N)c2N)cc1OC(F)F. The molecule has 0 aliphatic heterocycles. The number of rotatable bonds is 4. The van der Waals surface area contributed by atoms with Gasteiger partial charge in [-0.15, -0.1) is 0 Å². The number of ether oxygens (including phenoxy) is 2. The average molecular weight is 270 g/mol. The average Bonchev–Trinajstić information content (AvgIpc) is 2.69. The van der Waals surface area contributed by atoms with E-state index in [0.29, 0.717) is 11.3 Å². The van der Waals surface area contributed by atoms with Crippen molar-refractivity contribution < 1.29 is 18.3 Å². The van der Waals surface area contributed by atoms with Gasteiger partial charge in [-0.1, -0.05) is 0 Å². The van der Waals surface area contributed by atoms with Gasteiger partial charge >= 0.3 is 6.61 Å². The zero-order valence-corrected chi connectivity index (χ0v) is 10.0. The fraction of sp³-hybridized carbons (Fsp3) is 0.182. The summed E-state index contributed by atoms with van der Waals surface area (Å²) in [7, 11) is 1.36. The number of nitrogen functional groups attached to an aromatic ring is 2. The van der Waals surface area contributed by atoms with Gasteiger partial charge in [-0.25, -0.2) is 9.66 Å². The fourth-order valence-corrected chi connectivity index (χ4v) is 1.61. The third kappa shape index (κ3) is 2.51. The van der Waals surface area contributed by atoms with E-state index in [-0.39, 0.29) is 17.3 Å². The molecule has 1 heterocycles. The number of alkyl halides is 2. The minimum absolute atomic E-state index is 0.0963. The van der Waals surface area contributed by atoms with Gasteiger partial charge in [-0.2, -0.15) is 8.78 Å². The van der Waals surface area contributed by atoms with Crippen LogP contribution in [0.5, 0.6) is 11.5 Å². The number of nitrogens with zero attached hydrogens (tertiary/aromatic N) is 2. The van der Waals surface area contributed by atoms with Gasteiger partial charge in [0, 0.05) is 5.56 Å². The van der Waals surface area contributed by atoms with Crippen molar-refractivity contribution in [3.8, 4) is 22.8 Å². The van der Waals surface area contributed by atoms with Crippen LogP contribution >= 0.6 is 0 Å². The molecule has 0 fully saturated rings. The van der Waals surface area contributed by atoms with Crippen LogP contribution in [0, 0.1) is 0 Å². The first-order valence-electron chi connectivity index (χ1n) is 5.24. The van der Waals surface area contributed by atoms with Crippen LogP contribution in [0.1, 0.15) is 0 Å². The molecule has 0 bridgehead atoms. The molecule has 1 aromatic carbocycles. The summed E-state index contributed by atoms with van der Waals surface area (Å²) in [5.74, 6) is 5.82. The maximum Gasteiger partial charge on any atom is 0.387 e. The van der Waals surface area contributed by atoms with Crippen molar-refractivity contribution in [2.45, 2.75) is 6.61 Å². The van der Waals surface area contributed by atoms with Crippen LogP contribution in [0.15, 0.2) is 24.5 Å². The number of nitrogens with two attached hydrogens (primary N) is 2. The lowest BCUT2D eigenvalue weighted by Gasteiger charge is -2.11. The minimum Gasteiger partial charge on any atom is -0.493 e. The Kier molecular flexibility index (Phi) is 3.41. The first kappa shape index (κ1) is 12.9. The topological polar surface area (TPSA) is 88.3 Å². The highest BCUT2D eigenvalue weighted by Gasteiger charge is 2.15. The predicted molar refractivity (Wildman–Crippen MR) is 65.4 cm³/mol. The van der Waals surface area contributed by atoms with Gasteiger partial charge in [-0.05, 0) is 18.2 Å². The summed E-state index contributed by atoms with van der Waals surface area (Å²) in [4.78, 5) is 3.99. The summed E-state index contributed by atoms with van der Waals surface area (Å²) in [5, 5.41) is 0. The fourth-order valence-electron chi connectivity index (χ4n) is 1.61. The quantitative estimate of drug-likeness (QED) is 0.821. The van der Waals surface area contributed by atoms with Crippen molar-refractivity contribution in [2.24, 2.45) is 0 Å². The maximum atomic E-state index is 12.3. The van der Waals surface area contributed by atoms with Crippen molar-refractivity contribution in [1.82, 2.24) is 9.66 Å². The summed E-state index contributed by atoms with van der Waals surface area (Å²) in [5.41, 5.74) is 6.59. The van der Waals surface area contributed by atoms with Crippen molar-refractivity contribution in [2.75, 3.05) is 18.7 Å². The van der Waals surface area contributed by atoms with Crippen LogP contribution in [0.4, 0.5) is 14.6 Å². The molecule has 0 unspecified atom stereocenters. The summed E-state index contributed by atoms with van der Waals surface area (Å²) >= 11 is 0. The molecule has 0 atom stereocenters. The molecule has 1 aromatic heterocycles. The minimum atomic E-state index is -2.95. The van der Waals surface area contributed by atoms with Gasteiger partial charge in [0.1, 0.15) is 17.8 Å². The lowest BCUT2D eigenvalue weighted by atomic mass is 10.1. The van der Waals surface area contributed by atoms with Crippen molar-refractivity contribution in [1.29, 1.82) is 0 Å². The van der Waals surface area contributed by atoms with Crippen LogP contribution < -0.4 is 21.1 Å². The Bertz CT molecular complexity index is 586. The first-order valence-corrected chi connectivity index (χ1v) is 5.24. The van der Waals surface area contributed by atoms with Crippen molar-refractivity contribution in [3.63, 3.8) is 0 Å². The van der Waals surface area contributed by atoms with Crippen molar-refractivity contribution in [3.05, 3.63) is 24.5 Å². The number of methoxy groups -OCH3 is 1. The third-order valence-corrected chi connectivity index (χ3v) is 2.49. The maximum absolute atomic E-state index is 12.3. The smallest absolute Gasteiger partial charge is 0.387 e. The molecule has 19 heavy (non-hydrogen) atoms. The van der Waals surface area contributed by atoms with Crippen LogP contribution in [0.2, 0.25) is 0 Å². The van der Waals surface area contributed by atoms with E-state index in [0.717, 1.165) is 4.68 Å². The molecule has 8 heteroatoms. The highest BCUT2D eigenvalue weighted by Crippen LogP contribution is 2.34. The third-order valence-electron chi connectivity index (χ3n) is 2.49. The lowest BCUT2D eigenvalue weighted by molar-refractivity contribution is -0.0511. The van der Waals surface area contributed by atoms with E-state index < -0.39 is 6.61 Å². The normalized spacial score (nSPS) is 10.7. The molecule has 2 aromatic rings. The Hall–Kier alpha value is -2.51. The monoisotopic (exact) mass is 270 g/mol. The van der Waals surface area contributed by atoms with E-state index in [1.54, 1.807) is 6.07 Å². The summed E-state index contributed by atoms with van der Waals surface area (Å²) in [6.45, 7) is -2.95. The van der Waals surface area contributed by atoms with Crippen LogP contribution in [-0.2, 0) is 0 Å². The highest BCUT2D eigenvalue weighted by atomic mass is 19.3. The standard InChI is InChI=1S/C11H12F2N4O2/c1-18-7-3-2-6(4-8(7)19-11(12)13)9-10(14)17(15)5-16-9/h2-5,11H,14-15H2,1H3. The molecule has 0 aliphatic carbocycles. The zero-order valence-electron chi connectivity index (χ0n) is 10.0. The molecule has 102 valence electrons. The number of halogens is 2. The second-order valence-corrected chi connectivity index (χ2v) is 3.63. The van der Waals surface area contributed by atoms with Gasteiger partial charge in [0.15, 0.2) is 11.5 Å². The molecular weight excluding hydrogens is 258 g/mol. The molecule has 0 spiro atoms. The van der Waals surface area contributed by atoms with Gasteiger partial charge in [0.2, 0.25) is 0 Å². The Morgan fingerprint density at radius 3 is 2.58 bits per heavy atom. The molecule has 0 saturated heterocycles. The number of hydrogen-bond donors (Lipinski definition) is 2. The molecular formula is C11H12F2N4O2. The lowest BCUT2D eigenvalue weighted by Crippen LogP contribution is -2.10. The van der Waals surface area contributed by atoms with E-state index in [1.807, 2.05) is 0 Å². The van der Waals surface area contributed by atoms with E-state index in [2.05, 4.69) is 9.72 Å². The molecule has 6 nitrogen and oxygen atoms in total. The van der Waals surface area contributed by atoms with Gasteiger partial charge in [-0.3, -0.25) is 0 Å². The van der Waals surface area contributed by atoms with E-state index in [4.69, 9.17) is 16.3 Å². The van der Waals surface area contributed by atoms with Gasteiger partial charge < -0.3 is 21.1 Å². The Balaban J connectivity index is 2.45.